The van der Waals surface area contributed by atoms with E-state index in [1.807, 2.05) is 0 Å². The Morgan fingerprint density at radius 1 is 1.21 bits per heavy atom. The standard InChI is InChI=1S/C16H14ClF3N2O2/c1-9-2-3-10(7-13(9)18)21-8-15(23)22-11-4-5-14(12(17)6-11)24-16(19)20/h2-7,16,21H,8H2,1H3,(H,22,23). The van der Waals surface area contributed by atoms with Crippen molar-refractivity contribution in [3.8, 4) is 5.75 Å². The molecule has 2 N–H and O–H groups in total. The van der Waals surface area contributed by atoms with Gasteiger partial charge in [0.2, 0.25) is 5.91 Å². The molecule has 0 aliphatic rings. The van der Waals surface area contributed by atoms with Crippen LogP contribution in [0.5, 0.6) is 5.75 Å². The van der Waals surface area contributed by atoms with Gasteiger partial charge in [0.25, 0.3) is 0 Å². The van der Waals surface area contributed by atoms with Crippen molar-refractivity contribution in [2.24, 2.45) is 0 Å². The van der Waals surface area contributed by atoms with Crippen LogP contribution in [-0.2, 0) is 4.79 Å². The van der Waals surface area contributed by atoms with E-state index in [0.717, 1.165) is 0 Å². The number of anilines is 2. The van der Waals surface area contributed by atoms with Gasteiger partial charge >= 0.3 is 6.61 Å². The molecule has 0 spiro atoms. The lowest BCUT2D eigenvalue weighted by atomic mass is 10.2. The molecule has 0 unspecified atom stereocenters. The minimum Gasteiger partial charge on any atom is -0.433 e. The molecule has 2 aromatic rings. The Balaban J connectivity index is 1.92. The highest BCUT2D eigenvalue weighted by Gasteiger charge is 2.10. The van der Waals surface area contributed by atoms with Crippen molar-refractivity contribution in [3.63, 3.8) is 0 Å². The summed E-state index contributed by atoms with van der Waals surface area (Å²) in [5.74, 6) is -0.964. The summed E-state index contributed by atoms with van der Waals surface area (Å²) in [6, 6.07) is 8.44. The van der Waals surface area contributed by atoms with Crippen LogP contribution in [0.3, 0.4) is 0 Å². The van der Waals surface area contributed by atoms with Crippen LogP contribution >= 0.6 is 11.6 Å². The van der Waals surface area contributed by atoms with E-state index in [1.54, 1.807) is 19.1 Å². The van der Waals surface area contributed by atoms with E-state index in [-0.39, 0.29) is 23.1 Å². The Hall–Kier alpha value is -2.41. The third-order valence-corrected chi connectivity index (χ3v) is 3.35. The fourth-order valence-corrected chi connectivity index (χ4v) is 2.09. The normalized spacial score (nSPS) is 10.6. The number of hydrogen-bond donors (Lipinski definition) is 2. The minimum absolute atomic E-state index is 0.0540. The van der Waals surface area contributed by atoms with Gasteiger partial charge in [0, 0.05) is 11.4 Å². The number of carbonyl (C=O) groups is 1. The van der Waals surface area contributed by atoms with Crippen LogP contribution in [0.4, 0.5) is 24.5 Å². The highest BCUT2D eigenvalue weighted by molar-refractivity contribution is 6.32. The van der Waals surface area contributed by atoms with Crippen LogP contribution in [0.25, 0.3) is 0 Å². The fraction of sp³-hybridized carbons (Fsp3) is 0.188. The summed E-state index contributed by atoms with van der Waals surface area (Å²) < 4.78 is 41.9. The molecule has 128 valence electrons. The molecule has 0 saturated carbocycles. The van der Waals surface area contributed by atoms with Crippen LogP contribution in [-0.4, -0.2) is 19.1 Å². The minimum atomic E-state index is -2.98. The van der Waals surface area contributed by atoms with Gasteiger partial charge in [0.15, 0.2) is 0 Å². The van der Waals surface area contributed by atoms with E-state index in [4.69, 9.17) is 11.6 Å². The van der Waals surface area contributed by atoms with Crippen molar-refractivity contribution >= 4 is 28.9 Å². The summed E-state index contributed by atoms with van der Waals surface area (Å²) in [6.45, 7) is -1.45. The number of hydrogen-bond acceptors (Lipinski definition) is 3. The first-order chi connectivity index (χ1) is 11.3. The highest BCUT2D eigenvalue weighted by Crippen LogP contribution is 2.28. The van der Waals surface area contributed by atoms with Gasteiger partial charge in [-0.2, -0.15) is 8.78 Å². The molecule has 0 aromatic heterocycles. The molecular formula is C16H14ClF3N2O2. The SMILES string of the molecule is Cc1ccc(NCC(=O)Nc2ccc(OC(F)F)c(Cl)c2)cc1F. The second-order valence-corrected chi connectivity index (χ2v) is 5.30. The Labute approximate surface area is 141 Å². The molecule has 24 heavy (non-hydrogen) atoms. The maximum absolute atomic E-state index is 13.4. The first-order valence-corrected chi connectivity index (χ1v) is 7.27. The molecule has 0 radical (unpaired) electrons. The van der Waals surface area contributed by atoms with Gasteiger partial charge in [-0.1, -0.05) is 17.7 Å². The molecule has 0 heterocycles. The number of amides is 1. The van der Waals surface area contributed by atoms with E-state index in [1.165, 1.54) is 24.3 Å². The van der Waals surface area contributed by atoms with Gasteiger partial charge in [0.05, 0.1) is 11.6 Å². The van der Waals surface area contributed by atoms with Gasteiger partial charge < -0.3 is 15.4 Å². The fourth-order valence-electron chi connectivity index (χ4n) is 1.86. The second-order valence-electron chi connectivity index (χ2n) is 4.89. The molecule has 2 rings (SSSR count). The number of ether oxygens (including phenoxy) is 1. The van der Waals surface area contributed by atoms with Crippen LogP contribution in [0.2, 0.25) is 5.02 Å². The summed E-state index contributed by atoms with van der Waals surface area (Å²) in [4.78, 5) is 11.8. The maximum atomic E-state index is 13.4. The van der Waals surface area contributed by atoms with Crippen molar-refractivity contribution in [1.82, 2.24) is 0 Å². The maximum Gasteiger partial charge on any atom is 0.387 e. The molecule has 0 atom stereocenters. The van der Waals surface area contributed by atoms with E-state index in [2.05, 4.69) is 15.4 Å². The van der Waals surface area contributed by atoms with Gasteiger partial charge in [-0.05, 0) is 42.8 Å². The molecule has 0 fully saturated rings. The van der Waals surface area contributed by atoms with Crippen LogP contribution in [0, 0.1) is 12.7 Å². The zero-order chi connectivity index (χ0) is 17.7. The third kappa shape index (κ3) is 5.06. The summed E-state index contributed by atoms with van der Waals surface area (Å²) in [7, 11) is 0. The zero-order valence-electron chi connectivity index (χ0n) is 12.6. The lowest BCUT2D eigenvalue weighted by Gasteiger charge is -2.11. The van der Waals surface area contributed by atoms with E-state index in [9.17, 15) is 18.0 Å². The third-order valence-electron chi connectivity index (χ3n) is 3.06. The Bertz CT molecular complexity index is 741. The number of halogens is 4. The van der Waals surface area contributed by atoms with Crippen LogP contribution < -0.4 is 15.4 Å². The van der Waals surface area contributed by atoms with Gasteiger partial charge in [-0.3, -0.25) is 4.79 Å². The van der Waals surface area contributed by atoms with Crippen molar-refractivity contribution < 1.29 is 22.7 Å². The monoisotopic (exact) mass is 358 g/mol. The molecule has 0 bridgehead atoms. The van der Waals surface area contributed by atoms with Crippen molar-refractivity contribution in [2.75, 3.05) is 17.2 Å². The average Bonchev–Trinajstić information content (AvgIpc) is 2.51. The molecule has 2 aromatic carbocycles. The summed E-state index contributed by atoms with van der Waals surface area (Å²) in [5, 5.41) is 5.26. The number of carbonyl (C=O) groups excluding carboxylic acids is 1. The molecule has 0 saturated heterocycles. The number of aryl methyl sites for hydroxylation is 1. The average molecular weight is 359 g/mol. The molecule has 4 nitrogen and oxygen atoms in total. The Kier molecular flexibility index (Phi) is 5.92. The smallest absolute Gasteiger partial charge is 0.387 e. The predicted molar refractivity (Wildman–Crippen MR) is 86.3 cm³/mol. The topological polar surface area (TPSA) is 50.4 Å². The van der Waals surface area contributed by atoms with Crippen LogP contribution in [0.15, 0.2) is 36.4 Å². The molecule has 0 aliphatic carbocycles. The van der Waals surface area contributed by atoms with E-state index in [0.29, 0.717) is 16.9 Å². The first kappa shape index (κ1) is 17.9. The van der Waals surface area contributed by atoms with Gasteiger partial charge in [-0.25, -0.2) is 4.39 Å². The second kappa shape index (κ2) is 7.92. The summed E-state index contributed by atoms with van der Waals surface area (Å²) >= 11 is 5.80. The molecule has 8 heteroatoms. The van der Waals surface area contributed by atoms with Crippen molar-refractivity contribution in [2.45, 2.75) is 13.5 Å². The molecule has 0 aliphatic heterocycles. The van der Waals surface area contributed by atoms with Gasteiger partial charge in [-0.15, -0.1) is 0 Å². The van der Waals surface area contributed by atoms with E-state index >= 15 is 0 Å². The summed E-state index contributed by atoms with van der Waals surface area (Å²) in [6.07, 6.45) is 0. The predicted octanol–water partition coefficient (Wildman–Crippen LogP) is 4.44. The number of nitrogens with one attached hydrogen (secondary N) is 2. The van der Waals surface area contributed by atoms with Crippen molar-refractivity contribution in [3.05, 3.63) is 52.8 Å². The Morgan fingerprint density at radius 3 is 2.54 bits per heavy atom. The lowest BCUT2D eigenvalue weighted by Crippen LogP contribution is -2.21. The highest BCUT2D eigenvalue weighted by atomic mass is 35.5. The quantitative estimate of drug-likeness (QED) is 0.802. The largest absolute Gasteiger partial charge is 0.433 e. The summed E-state index contributed by atoms with van der Waals surface area (Å²) in [5.41, 5.74) is 1.29. The van der Waals surface area contributed by atoms with E-state index < -0.39 is 12.5 Å². The van der Waals surface area contributed by atoms with Crippen molar-refractivity contribution in [1.29, 1.82) is 0 Å². The van der Waals surface area contributed by atoms with Gasteiger partial charge in [0.1, 0.15) is 11.6 Å². The lowest BCUT2D eigenvalue weighted by molar-refractivity contribution is -0.114. The number of alkyl halides is 2. The zero-order valence-corrected chi connectivity index (χ0v) is 13.3. The molecule has 1 amide bonds. The Morgan fingerprint density at radius 2 is 1.92 bits per heavy atom. The number of rotatable bonds is 6. The number of benzene rings is 2. The molecular weight excluding hydrogens is 345 g/mol. The first-order valence-electron chi connectivity index (χ1n) is 6.89. The van der Waals surface area contributed by atoms with Crippen LogP contribution in [0.1, 0.15) is 5.56 Å².